The highest BCUT2D eigenvalue weighted by atomic mass is 16.5. The Morgan fingerprint density at radius 3 is 2.61 bits per heavy atom. The van der Waals surface area contributed by atoms with Gasteiger partial charge in [-0.3, -0.25) is 0 Å². The van der Waals surface area contributed by atoms with Crippen LogP contribution in [0.2, 0.25) is 0 Å². The maximum Gasteiger partial charge on any atom is 0.335 e. The summed E-state index contributed by atoms with van der Waals surface area (Å²) < 4.78 is 4.74. The summed E-state index contributed by atoms with van der Waals surface area (Å²) in [6.45, 7) is 3.87. The molecule has 1 aliphatic carbocycles. The maximum absolute atomic E-state index is 11.5. The molecular formula is C15H23NO2. The second-order valence-corrected chi connectivity index (χ2v) is 4.58. The lowest BCUT2D eigenvalue weighted by atomic mass is 9.93. The van der Waals surface area contributed by atoms with Gasteiger partial charge in [0.25, 0.3) is 0 Å². The topological polar surface area (TPSA) is 38.3 Å². The van der Waals surface area contributed by atoms with Gasteiger partial charge in [-0.15, -0.1) is 0 Å². The quantitative estimate of drug-likeness (QED) is 0.472. The van der Waals surface area contributed by atoms with Crippen LogP contribution in [-0.4, -0.2) is 20.1 Å². The summed E-state index contributed by atoms with van der Waals surface area (Å²) in [5, 5.41) is 3.06. The van der Waals surface area contributed by atoms with Crippen LogP contribution in [0.4, 0.5) is 0 Å². The molecule has 0 fully saturated rings. The maximum atomic E-state index is 11.5. The third kappa shape index (κ3) is 3.76. The fraction of sp³-hybridized carbons (Fsp3) is 0.533. The molecule has 1 N–H and O–H groups in total. The fourth-order valence-electron chi connectivity index (χ4n) is 2.14. The number of carbonyl (C=O) groups is 1. The second-order valence-electron chi connectivity index (χ2n) is 4.58. The first-order valence-corrected chi connectivity index (χ1v) is 6.44. The molecule has 100 valence electrons. The molecule has 0 atom stereocenters. The Kier molecular flexibility index (Phi) is 5.69. The van der Waals surface area contributed by atoms with E-state index in [1.165, 1.54) is 31.1 Å². The van der Waals surface area contributed by atoms with Gasteiger partial charge in [0.1, 0.15) is 0 Å². The summed E-state index contributed by atoms with van der Waals surface area (Å²) >= 11 is 0. The van der Waals surface area contributed by atoms with Crippen molar-refractivity contribution in [2.75, 3.05) is 14.2 Å². The minimum Gasteiger partial charge on any atom is -0.466 e. The molecule has 0 unspecified atom stereocenters. The summed E-state index contributed by atoms with van der Waals surface area (Å²) in [6.07, 6.45) is 9.17. The van der Waals surface area contributed by atoms with Crippen molar-refractivity contribution in [3.63, 3.8) is 0 Å². The largest absolute Gasteiger partial charge is 0.466 e. The Labute approximate surface area is 110 Å². The molecule has 0 aromatic carbocycles. The zero-order valence-corrected chi connectivity index (χ0v) is 11.8. The first kappa shape index (κ1) is 14.6. The number of likely N-dealkylation sites (N-methyl/N-ethyl adjacent to an activating group) is 1. The van der Waals surface area contributed by atoms with Crippen LogP contribution in [-0.2, 0) is 9.53 Å². The van der Waals surface area contributed by atoms with E-state index in [2.05, 4.69) is 18.3 Å². The number of allylic oxidation sites excluding steroid dienone is 4. The number of ether oxygens (including phenoxy) is 1. The molecule has 18 heavy (non-hydrogen) atoms. The first-order valence-electron chi connectivity index (χ1n) is 6.44. The molecule has 0 aliphatic heterocycles. The Morgan fingerprint density at radius 1 is 1.39 bits per heavy atom. The van der Waals surface area contributed by atoms with Crippen molar-refractivity contribution in [3.05, 3.63) is 34.6 Å². The molecule has 3 heteroatoms. The van der Waals surface area contributed by atoms with Gasteiger partial charge < -0.3 is 10.1 Å². The monoisotopic (exact) mass is 249 g/mol. The summed E-state index contributed by atoms with van der Waals surface area (Å²) in [7, 11) is 3.22. The van der Waals surface area contributed by atoms with E-state index in [4.69, 9.17) is 4.74 Å². The predicted octanol–water partition coefficient (Wildman–Crippen LogP) is 3.10. The lowest BCUT2D eigenvalue weighted by molar-refractivity contribution is -0.136. The lowest BCUT2D eigenvalue weighted by Crippen LogP contribution is -2.13. The third-order valence-electron chi connectivity index (χ3n) is 3.32. The molecule has 0 amide bonds. The first-order chi connectivity index (χ1) is 8.60. The SMILES string of the molecule is CNC(/C=C(\C)C1=CCCCC1)=C(/C)C(=O)OC. The predicted molar refractivity (Wildman–Crippen MR) is 74.1 cm³/mol. The highest BCUT2D eigenvalue weighted by Crippen LogP contribution is 2.24. The van der Waals surface area contributed by atoms with Crippen molar-refractivity contribution >= 4 is 5.97 Å². The van der Waals surface area contributed by atoms with Crippen molar-refractivity contribution < 1.29 is 9.53 Å². The van der Waals surface area contributed by atoms with E-state index in [0.29, 0.717) is 5.57 Å². The van der Waals surface area contributed by atoms with Crippen molar-refractivity contribution in [1.82, 2.24) is 5.32 Å². The molecule has 3 nitrogen and oxygen atoms in total. The standard InChI is InChI=1S/C15H23NO2/c1-11(13-8-6-5-7-9-13)10-14(16-3)12(2)15(17)18-4/h8,10,16H,5-7,9H2,1-4H3/b11-10+,14-12-. The average molecular weight is 249 g/mol. The van der Waals surface area contributed by atoms with Crippen LogP contribution < -0.4 is 5.32 Å². The number of esters is 1. The molecule has 0 aromatic heterocycles. The summed E-state index contributed by atoms with van der Waals surface area (Å²) in [5.74, 6) is -0.291. The minimum absolute atomic E-state index is 0.291. The average Bonchev–Trinajstić information content (AvgIpc) is 2.43. The minimum atomic E-state index is -0.291. The Balaban J connectivity index is 2.96. The van der Waals surface area contributed by atoms with E-state index in [-0.39, 0.29) is 5.97 Å². The zero-order valence-electron chi connectivity index (χ0n) is 11.8. The Bertz CT molecular complexity index is 403. The zero-order chi connectivity index (χ0) is 13.5. The fourth-order valence-corrected chi connectivity index (χ4v) is 2.14. The highest BCUT2D eigenvalue weighted by Gasteiger charge is 2.10. The van der Waals surface area contributed by atoms with Gasteiger partial charge in [0.05, 0.1) is 12.7 Å². The van der Waals surface area contributed by atoms with Crippen LogP contribution in [0.5, 0.6) is 0 Å². The molecular weight excluding hydrogens is 226 g/mol. The Hall–Kier alpha value is -1.51. The van der Waals surface area contributed by atoms with Crippen molar-refractivity contribution in [2.24, 2.45) is 0 Å². The van der Waals surface area contributed by atoms with E-state index in [0.717, 1.165) is 18.5 Å². The van der Waals surface area contributed by atoms with Gasteiger partial charge in [0.15, 0.2) is 0 Å². The number of hydrogen-bond donors (Lipinski definition) is 1. The molecule has 0 heterocycles. The lowest BCUT2D eigenvalue weighted by Gasteiger charge is -2.14. The number of hydrogen-bond acceptors (Lipinski definition) is 3. The van der Waals surface area contributed by atoms with Gasteiger partial charge in [-0.1, -0.05) is 6.08 Å². The molecule has 0 saturated carbocycles. The van der Waals surface area contributed by atoms with Gasteiger partial charge in [0.2, 0.25) is 0 Å². The van der Waals surface area contributed by atoms with Crippen LogP contribution in [0.1, 0.15) is 39.5 Å². The molecule has 1 rings (SSSR count). The third-order valence-corrected chi connectivity index (χ3v) is 3.32. The smallest absolute Gasteiger partial charge is 0.335 e. The Morgan fingerprint density at radius 2 is 2.11 bits per heavy atom. The van der Waals surface area contributed by atoms with Crippen molar-refractivity contribution in [3.8, 4) is 0 Å². The van der Waals surface area contributed by atoms with Crippen LogP contribution in [0, 0.1) is 0 Å². The molecule has 0 spiro atoms. The number of nitrogens with one attached hydrogen (secondary N) is 1. The van der Waals surface area contributed by atoms with Crippen LogP contribution >= 0.6 is 0 Å². The van der Waals surface area contributed by atoms with E-state index in [1.807, 2.05) is 13.1 Å². The number of carbonyl (C=O) groups excluding carboxylic acids is 1. The van der Waals surface area contributed by atoms with E-state index >= 15 is 0 Å². The van der Waals surface area contributed by atoms with E-state index in [9.17, 15) is 4.79 Å². The summed E-state index contributed by atoms with van der Waals surface area (Å²) in [6, 6.07) is 0. The van der Waals surface area contributed by atoms with Crippen LogP contribution in [0.25, 0.3) is 0 Å². The van der Waals surface area contributed by atoms with Gasteiger partial charge in [-0.05, 0) is 56.8 Å². The molecule has 0 aromatic rings. The number of rotatable bonds is 4. The highest BCUT2D eigenvalue weighted by molar-refractivity contribution is 5.89. The van der Waals surface area contributed by atoms with Crippen molar-refractivity contribution in [2.45, 2.75) is 39.5 Å². The molecule has 0 bridgehead atoms. The van der Waals surface area contributed by atoms with E-state index in [1.54, 1.807) is 6.92 Å². The molecule has 0 saturated heterocycles. The van der Waals surface area contributed by atoms with Crippen LogP contribution in [0.15, 0.2) is 34.6 Å². The van der Waals surface area contributed by atoms with Gasteiger partial charge >= 0.3 is 5.97 Å². The molecule has 1 aliphatic rings. The van der Waals surface area contributed by atoms with Gasteiger partial charge in [0, 0.05) is 12.7 Å². The van der Waals surface area contributed by atoms with Gasteiger partial charge in [-0.2, -0.15) is 0 Å². The normalized spacial score (nSPS) is 17.8. The summed E-state index contributed by atoms with van der Waals surface area (Å²) in [4.78, 5) is 11.5. The molecule has 0 radical (unpaired) electrons. The van der Waals surface area contributed by atoms with Gasteiger partial charge in [-0.25, -0.2) is 4.79 Å². The second kappa shape index (κ2) is 7.04. The summed E-state index contributed by atoms with van der Waals surface area (Å²) in [5.41, 5.74) is 4.05. The number of methoxy groups -OCH3 is 1. The van der Waals surface area contributed by atoms with Crippen molar-refractivity contribution in [1.29, 1.82) is 0 Å². The van der Waals surface area contributed by atoms with E-state index < -0.39 is 0 Å². The van der Waals surface area contributed by atoms with Crippen LogP contribution in [0.3, 0.4) is 0 Å².